The molecule has 0 amide bonds. The van der Waals surface area contributed by atoms with Crippen molar-refractivity contribution in [2.45, 2.75) is 19.8 Å². The summed E-state index contributed by atoms with van der Waals surface area (Å²) in [5.41, 5.74) is 8.40. The standard InChI is InChI=1S/C15H16N4O/c1-10-12-7-8-13(20)19(14(12)18-15(16)17-10)9-11-5-3-2-4-6-11/h2-8,15,17H,9,16H2,1H3. The minimum atomic E-state index is -0.508. The maximum absolute atomic E-state index is 12.1. The van der Waals surface area contributed by atoms with E-state index >= 15 is 0 Å². The fourth-order valence-electron chi connectivity index (χ4n) is 2.38. The third-order valence-electron chi connectivity index (χ3n) is 3.37. The van der Waals surface area contributed by atoms with Gasteiger partial charge in [0.15, 0.2) is 6.29 Å². The lowest BCUT2D eigenvalue weighted by atomic mass is 10.2. The number of hydrogen-bond acceptors (Lipinski definition) is 4. The first kappa shape index (κ1) is 12.6. The number of rotatable bonds is 2. The van der Waals surface area contributed by atoms with E-state index in [9.17, 15) is 4.79 Å². The molecule has 3 N–H and O–H groups in total. The van der Waals surface area contributed by atoms with Gasteiger partial charge in [-0.25, -0.2) is 4.99 Å². The van der Waals surface area contributed by atoms with E-state index in [4.69, 9.17) is 5.73 Å². The molecule has 1 atom stereocenters. The largest absolute Gasteiger partial charge is 0.355 e. The number of nitrogens with zero attached hydrogens (tertiary/aromatic N) is 2. The van der Waals surface area contributed by atoms with E-state index in [1.807, 2.05) is 37.3 Å². The predicted molar refractivity (Wildman–Crippen MR) is 77.2 cm³/mol. The van der Waals surface area contributed by atoms with Gasteiger partial charge in [-0.3, -0.25) is 15.1 Å². The van der Waals surface area contributed by atoms with E-state index in [0.717, 1.165) is 16.5 Å². The summed E-state index contributed by atoms with van der Waals surface area (Å²) in [4.78, 5) is 16.5. The van der Waals surface area contributed by atoms with Gasteiger partial charge in [-0.15, -0.1) is 0 Å². The maximum atomic E-state index is 12.1. The molecule has 0 saturated heterocycles. The van der Waals surface area contributed by atoms with E-state index in [2.05, 4.69) is 10.3 Å². The number of aromatic nitrogens is 1. The average Bonchev–Trinajstić information content (AvgIpc) is 2.43. The molecule has 20 heavy (non-hydrogen) atoms. The number of benzene rings is 1. The summed E-state index contributed by atoms with van der Waals surface area (Å²) >= 11 is 0. The number of fused-ring (bicyclic) bond motifs is 1. The lowest BCUT2D eigenvalue weighted by Gasteiger charge is -2.18. The van der Waals surface area contributed by atoms with E-state index < -0.39 is 6.29 Å². The van der Waals surface area contributed by atoms with Crippen molar-refractivity contribution in [3.05, 3.63) is 69.1 Å². The molecule has 0 spiro atoms. The Hall–Kier alpha value is -2.40. The van der Waals surface area contributed by atoms with Crippen LogP contribution in [-0.2, 0) is 6.54 Å². The summed E-state index contributed by atoms with van der Waals surface area (Å²) < 4.78 is 1.66. The predicted octanol–water partition coefficient (Wildman–Crippen LogP) is -0.510. The van der Waals surface area contributed by atoms with Crippen LogP contribution in [0.1, 0.15) is 12.5 Å². The van der Waals surface area contributed by atoms with Crippen molar-refractivity contribution in [1.82, 2.24) is 9.88 Å². The van der Waals surface area contributed by atoms with Gasteiger partial charge in [-0.05, 0) is 18.6 Å². The molecule has 0 aliphatic carbocycles. The van der Waals surface area contributed by atoms with E-state index in [1.165, 1.54) is 0 Å². The van der Waals surface area contributed by atoms with Gasteiger partial charge in [0.1, 0.15) is 5.49 Å². The summed E-state index contributed by atoms with van der Waals surface area (Å²) in [7, 11) is 0. The van der Waals surface area contributed by atoms with E-state index in [0.29, 0.717) is 12.0 Å². The van der Waals surface area contributed by atoms with Crippen LogP contribution in [0.25, 0.3) is 5.70 Å². The van der Waals surface area contributed by atoms with Crippen molar-refractivity contribution in [3.63, 3.8) is 0 Å². The molecule has 1 aliphatic rings. The van der Waals surface area contributed by atoms with Gasteiger partial charge in [0.05, 0.1) is 6.54 Å². The van der Waals surface area contributed by atoms with E-state index in [1.54, 1.807) is 16.7 Å². The zero-order valence-corrected chi connectivity index (χ0v) is 11.2. The second-order valence-electron chi connectivity index (χ2n) is 4.82. The first-order valence-corrected chi connectivity index (χ1v) is 6.50. The lowest BCUT2D eigenvalue weighted by molar-refractivity contribution is 0.578. The number of nitrogens with two attached hydrogens (primary N) is 1. The minimum Gasteiger partial charge on any atom is -0.355 e. The van der Waals surface area contributed by atoms with Crippen molar-refractivity contribution in [2.75, 3.05) is 0 Å². The van der Waals surface area contributed by atoms with Crippen LogP contribution in [0.3, 0.4) is 0 Å². The molecule has 3 rings (SSSR count). The summed E-state index contributed by atoms with van der Waals surface area (Å²) in [5.74, 6) is 0. The van der Waals surface area contributed by atoms with Gasteiger partial charge in [-0.2, -0.15) is 0 Å². The van der Waals surface area contributed by atoms with Crippen molar-refractivity contribution < 1.29 is 0 Å². The van der Waals surface area contributed by atoms with Crippen molar-refractivity contribution in [2.24, 2.45) is 10.7 Å². The zero-order valence-electron chi connectivity index (χ0n) is 11.2. The summed E-state index contributed by atoms with van der Waals surface area (Å²) in [6.45, 7) is 2.43. The molecular formula is C15H16N4O. The molecule has 1 aromatic carbocycles. The molecular weight excluding hydrogens is 252 g/mol. The Balaban J connectivity index is 2.22. The quantitative estimate of drug-likeness (QED) is 0.770. The maximum Gasteiger partial charge on any atom is 0.252 e. The van der Waals surface area contributed by atoms with Gasteiger partial charge in [0.2, 0.25) is 0 Å². The van der Waals surface area contributed by atoms with Gasteiger partial charge < -0.3 is 5.32 Å². The fraction of sp³-hybridized carbons (Fsp3) is 0.200. The smallest absolute Gasteiger partial charge is 0.252 e. The summed E-state index contributed by atoms with van der Waals surface area (Å²) in [6, 6.07) is 13.2. The molecule has 0 fully saturated rings. The molecule has 0 saturated carbocycles. The van der Waals surface area contributed by atoms with Crippen molar-refractivity contribution >= 4 is 5.70 Å². The van der Waals surface area contributed by atoms with Crippen LogP contribution in [0.5, 0.6) is 0 Å². The van der Waals surface area contributed by atoms with Crippen molar-refractivity contribution in [3.8, 4) is 0 Å². The topological polar surface area (TPSA) is 72.4 Å². The highest BCUT2D eigenvalue weighted by Crippen LogP contribution is 1.99. The number of nitrogens with one attached hydrogen (secondary N) is 1. The van der Waals surface area contributed by atoms with Crippen LogP contribution in [0.15, 0.2) is 52.3 Å². The Labute approximate surface area is 116 Å². The average molecular weight is 268 g/mol. The lowest BCUT2D eigenvalue weighted by Crippen LogP contribution is -2.52. The van der Waals surface area contributed by atoms with Crippen LogP contribution in [-0.4, -0.2) is 10.9 Å². The highest BCUT2D eigenvalue weighted by atomic mass is 16.1. The molecule has 1 aromatic heterocycles. The van der Waals surface area contributed by atoms with Crippen LogP contribution in [0.2, 0.25) is 0 Å². The Morgan fingerprint density at radius 3 is 2.75 bits per heavy atom. The van der Waals surface area contributed by atoms with Crippen LogP contribution in [0.4, 0.5) is 0 Å². The van der Waals surface area contributed by atoms with Gasteiger partial charge >= 0.3 is 0 Å². The van der Waals surface area contributed by atoms with E-state index in [-0.39, 0.29) is 5.56 Å². The first-order chi connectivity index (χ1) is 9.65. The van der Waals surface area contributed by atoms with Crippen LogP contribution >= 0.6 is 0 Å². The highest BCUT2D eigenvalue weighted by Gasteiger charge is 2.10. The number of pyridine rings is 1. The normalized spacial score (nSPS) is 17.1. The molecule has 1 aliphatic heterocycles. The fourth-order valence-corrected chi connectivity index (χ4v) is 2.38. The zero-order chi connectivity index (χ0) is 14.1. The second-order valence-corrected chi connectivity index (χ2v) is 4.82. The van der Waals surface area contributed by atoms with Crippen LogP contribution in [0, 0.1) is 0 Å². The molecule has 102 valence electrons. The molecule has 5 nitrogen and oxygen atoms in total. The molecule has 2 aromatic rings. The van der Waals surface area contributed by atoms with Gasteiger partial charge in [0.25, 0.3) is 5.56 Å². The Morgan fingerprint density at radius 1 is 1.25 bits per heavy atom. The Morgan fingerprint density at radius 2 is 2.00 bits per heavy atom. The van der Waals surface area contributed by atoms with Crippen LogP contribution < -0.4 is 27.3 Å². The third kappa shape index (κ3) is 2.23. The Kier molecular flexibility index (Phi) is 3.12. The third-order valence-corrected chi connectivity index (χ3v) is 3.37. The van der Waals surface area contributed by atoms with Crippen molar-refractivity contribution in [1.29, 1.82) is 0 Å². The summed E-state index contributed by atoms with van der Waals surface area (Å²) in [5, 5.41) is 3.98. The molecule has 1 unspecified atom stereocenters. The van der Waals surface area contributed by atoms with Gasteiger partial charge in [-0.1, -0.05) is 30.3 Å². The highest BCUT2D eigenvalue weighted by molar-refractivity contribution is 5.39. The molecule has 0 radical (unpaired) electrons. The molecule has 0 bridgehead atoms. The summed E-state index contributed by atoms with van der Waals surface area (Å²) in [6.07, 6.45) is -0.508. The molecule has 5 heteroatoms. The molecule has 2 heterocycles. The SMILES string of the molecule is CC1=c2ccc(=O)n(Cc3ccccc3)c2=NC(N)N1. The monoisotopic (exact) mass is 268 g/mol. The Bertz CT molecular complexity index is 808. The second kappa shape index (κ2) is 4.94. The minimum absolute atomic E-state index is 0.0711. The van der Waals surface area contributed by atoms with Gasteiger partial charge in [0, 0.05) is 17.0 Å². The number of hydrogen-bond donors (Lipinski definition) is 2. The first-order valence-electron chi connectivity index (χ1n) is 6.50.